The number of benzene rings is 1. The summed E-state index contributed by atoms with van der Waals surface area (Å²) < 4.78 is 5.22. The lowest BCUT2D eigenvalue weighted by Crippen LogP contribution is -2.49. The number of aliphatic imine (C=N–C) groups is 1. The lowest BCUT2D eigenvalue weighted by molar-refractivity contribution is 0.244. The van der Waals surface area contributed by atoms with Crippen molar-refractivity contribution < 1.29 is 4.52 Å². The maximum atomic E-state index is 5.22. The summed E-state index contributed by atoms with van der Waals surface area (Å²) in [4.78, 5) is 4.36. The van der Waals surface area contributed by atoms with Gasteiger partial charge in [-0.25, -0.2) is 0 Å². The van der Waals surface area contributed by atoms with E-state index in [1.54, 1.807) is 0 Å². The fourth-order valence-electron chi connectivity index (χ4n) is 3.60. The summed E-state index contributed by atoms with van der Waals surface area (Å²) in [5, 5.41) is 10.9. The van der Waals surface area contributed by atoms with Crippen LogP contribution in [0.15, 0.2) is 39.8 Å². The van der Waals surface area contributed by atoms with Crippen LogP contribution in [0, 0.1) is 13.8 Å². The summed E-state index contributed by atoms with van der Waals surface area (Å²) in [6.45, 7) is 5.67. The SMILES string of the molecule is CN=C(NCCc1c(C)noc1C)NCC1(c2ccccc2)CCC1. The number of nitrogens with zero attached hydrogens (tertiary/aromatic N) is 2. The van der Waals surface area contributed by atoms with Crippen LogP contribution < -0.4 is 10.6 Å². The first-order chi connectivity index (χ1) is 12.1. The molecule has 2 aromatic rings. The molecule has 0 atom stereocenters. The van der Waals surface area contributed by atoms with E-state index in [-0.39, 0.29) is 5.41 Å². The highest BCUT2D eigenvalue weighted by Gasteiger charge is 2.38. The Balaban J connectivity index is 1.53. The van der Waals surface area contributed by atoms with Crippen LogP contribution in [0.2, 0.25) is 0 Å². The number of hydrogen-bond donors (Lipinski definition) is 2. The topological polar surface area (TPSA) is 62.5 Å². The number of hydrogen-bond acceptors (Lipinski definition) is 3. The molecule has 0 aliphatic heterocycles. The number of aromatic nitrogens is 1. The Morgan fingerprint density at radius 3 is 2.52 bits per heavy atom. The molecule has 0 unspecified atom stereocenters. The van der Waals surface area contributed by atoms with Gasteiger partial charge in [0.05, 0.1) is 5.69 Å². The Kier molecular flexibility index (Phi) is 5.41. The van der Waals surface area contributed by atoms with Crippen molar-refractivity contribution in [1.29, 1.82) is 0 Å². The zero-order chi connectivity index (χ0) is 17.7. The normalized spacial score (nSPS) is 16.4. The van der Waals surface area contributed by atoms with Crippen molar-refractivity contribution in [1.82, 2.24) is 15.8 Å². The van der Waals surface area contributed by atoms with E-state index in [0.29, 0.717) is 0 Å². The van der Waals surface area contributed by atoms with Crippen LogP contribution >= 0.6 is 0 Å². The van der Waals surface area contributed by atoms with E-state index >= 15 is 0 Å². The van der Waals surface area contributed by atoms with Crippen molar-refractivity contribution in [2.24, 2.45) is 4.99 Å². The summed E-state index contributed by atoms with van der Waals surface area (Å²) in [6.07, 6.45) is 4.65. The van der Waals surface area contributed by atoms with Gasteiger partial charge >= 0.3 is 0 Å². The Labute approximate surface area is 149 Å². The molecule has 1 aliphatic carbocycles. The van der Waals surface area contributed by atoms with E-state index in [1.807, 2.05) is 20.9 Å². The quantitative estimate of drug-likeness (QED) is 0.626. The Bertz CT molecular complexity index is 697. The van der Waals surface area contributed by atoms with E-state index in [1.165, 1.54) is 30.4 Å². The van der Waals surface area contributed by atoms with Crippen LogP contribution in [0.25, 0.3) is 0 Å². The number of aryl methyl sites for hydroxylation is 2. The highest BCUT2D eigenvalue weighted by molar-refractivity contribution is 5.79. The van der Waals surface area contributed by atoms with Crippen molar-refractivity contribution in [2.75, 3.05) is 20.1 Å². The summed E-state index contributed by atoms with van der Waals surface area (Å²) >= 11 is 0. The predicted octanol–water partition coefficient (Wildman–Crippen LogP) is 3.12. The minimum absolute atomic E-state index is 0.251. The second-order valence-corrected chi connectivity index (χ2v) is 6.91. The largest absolute Gasteiger partial charge is 0.361 e. The third kappa shape index (κ3) is 3.86. The average molecular weight is 340 g/mol. The van der Waals surface area contributed by atoms with E-state index in [4.69, 9.17) is 4.52 Å². The van der Waals surface area contributed by atoms with Gasteiger partial charge in [0.2, 0.25) is 0 Å². The number of guanidine groups is 1. The van der Waals surface area contributed by atoms with E-state index < -0.39 is 0 Å². The smallest absolute Gasteiger partial charge is 0.191 e. The molecule has 1 saturated carbocycles. The molecule has 5 nitrogen and oxygen atoms in total. The van der Waals surface area contributed by atoms with Gasteiger partial charge in [-0.3, -0.25) is 4.99 Å². The van der Waals surface area contributed by atoms with Gasteiger partial charge in [-0.2, -0.15) is 0 Å². The molecule has 1 fully saturated rings. The van der Waals surface area contributed by atoms with Crippen molar-refractivity contribution in [2.45, 2.75) is 44.9 Å². The van der Waals surface area contributed by atoms with Crippen molar-refractivity contribution in [3.63, 3.8) is 0 Å². The molecular formula is C20H28N4O. The monoisotopic (exact) mass is 340 g/mol. The zero-order valence-corrected chi connectivity index (χ0v) is 15.4. The van der Waals surface area contributed by atoms with Gasteiger partial charge in [0.25, 0.3) is 0 Å². The molecule has 0 bridgehead atoms. The van der Waals surface area contributed by atoms with Crippen molar-refractivity contribution in [3.8, 4) is 0 Å². The highest BCUT2D eigenvalue weighted by atomic mass is 16.5. The molecule has 5 heteroatoms. The molecule has 0 saturated heterocycles. The summed E-state index contributed by atoms with van der Waals surface area (Å²) in [6, 6.07) is 10.8. The van der Waals surface area contributed by atoms with Gasteiger partial charge < -0.3 is 15.2 Å². The Hall–Kier alpha value is -2.30. The minimum atomic E-state index is 0.251. The molecule has 1 aliphatic rings. The van der Waals surface area contributed by atoms with Crippen LogP contribution in [-0.4, -0.2) is 31.3 Å². The van der Waals surface area contributed by atoms with Gasteiger partial charge in [-0.15, -0.1) is 0 Å². The van der Waals surface area contributed by atoms with Gasteiger partial charge in [0.15, 0.2) is 5.96 Å². The summed E-state index contributed by atoms with van der Waals surface area (Å²) in [5.41, 5.74) is 3.84. The molecular weight excluding hydrogens is 312 g/mol. The zero-order valence-electron chi connectivity index (χ0n) is 15.4. The van der Waals surface area contributed by atoms with Gasteiger partial charge in [-0.05, 0) is 38.7 Å². The molecule has 25 heavy (non-hydrogen) atoms. The summed E-state index contributed by atoms with van der Waals surface area (Å²) in [5.74, 6) is 1.76. The van der Waals surface area contributed by atoms with Crippen LogP contribution in [0.3, 0.4) is 0 Å². The Morgan fingerprint density at radius 1 is 1.20 bits per heavy atom. The van der Waals surface area contributed by atoms with Gasteiger partial charge in [0.1, 0.15) is 5.76 Å². The fourth-order valence-corrected chi connectivity index (χ4v) is 3.60. The van der Waals surface area contributed by atoms with E-state index in [2.05, 4.69) is 51.1 Å². The van der Waals surface area contributed by atoms with E-state index in [9.17, 15) is 0 Å². The predicted molar refractivity (Wildman–Crippen MR) is 101 cm³/mol. The summed E-state index contributed by atoms with van der Waals surface area (Å²) in [7, 11) is 1.82. The van der Waals surface area contributed by atoms with Gasteiger partial charge in [-0.1, -0.05) is 41.9 Å². The highest BCUT2D eigenvalue weighted by Crippen LogP contribution is 2.43. The molecule has 0 radical (unpaired) electrons. The first-order valence-corrected chi connectivity index (χ1v) is 9.06. The van der Waals surface area contributed by atoms with Crippen molar-refractivity contribution in [3.05, 3.63) is 52.9 Å². The second-order valence-electron chi connectivity index (χ2n) is 6.91. The molecule has 1 aromatic heterocycles. The maximum absolute atomic E-state index is 5.22. The fraction of sp³-hybridized carbons (Fsp3) is 0.500. The molecule has 1 heterocycles. The third-order valence-electron chi connectivity index (χ3n) is 5.36. The first-order valence-electron chi connectivity index (χ1n) is 9.06. The lowest BCUT2D eigenvalue weighted by atomic mass is 9.64. The molecule has 0 spiro atoms. The number of rotatable bonds is 6. The van der Waals surface area contributed by atoms with Crippen LogP contribution in [-0.2, 0) is 11.8 Å². The average Bonchev–Trinajstić information content (AvgIpc) is 2.92. The molecule has 0 amide bonds. The third-order valence-corrected chi connectivity index (χ3v) is 5.36. The molecule has 3 rings (SSSR count). The molecule has 1 aromatic carbocycles. The number of nitrogens with one attached hydrogen (secondary N) is 2. The van der Waals surface area contributed by atoms with Crippen LogP contribution in [0.1, 0.15) is 41.8 Å². The standard InChI is InChI=1S/C20H28N4O/c1-15-18(16(2)25-24-15)10-13-22-19(21-3)23-14-20(11-7-12-20)17-8-5-4-6-9-17/h4-6,8-9H,7,10-14H2,1-3H3,(H2,21,22,23). The minimum Gasteiger partial charge on any atom is -0.361 e. The van der Waals surface area contributed by atoms with Gasteiger partial charge in [0, 0.05) is 31.1 Å². The maximum Gasteiger partial charge on any atom is 0.191 e. The van der Waals surface area contributed by atoms with Crippen LogP contribution in [0.5, 0.6) is 0 Å². The molecule has 2 N–H and O–H groups in total. The molecule has 134 valence electrons. The van der Waals surface area contributed by atoms with Crippen LogP contribution in [0.4, 0.5) is 0 Å². The van der Waals surface area contributed by atoms with E-state index in [0.717, 1.165) is 36.9 Å². The Morgan fingerprint density at radius 2 is 1.96 bits per heavy atom. The lowest BCUT2D eigenvalue weighted by Gasteiger charge is -2.43. The second kappa shape index (κ2) is 7.72. The van der Waals surface area contributed by atoms with Crippen molar-refractivity contribution >= 4 is 5.96 Å². The first kappa shape index (κ1) is 17.5.